The number of nitrogens with zero attached hydrogens (tertiary/aromatic N) is 1. The van der Waals surface area contributed by atoms with E-state index in [0.717, 1.165) is 16.4 Å². The van der Waals surface area contributed by atoms with Crippen molar-refractivity contribution in [3.8, 4) is 0 Å². The summed E-state index contributed by atoms with van der Waals surface area (Å²) < 4.78 is 82.7. The van der Waals surface area contributed by atoms with E-state index in [-0.39, 0.29) is 25.2 Å². The number of ketones is 1. The highest BCUT2D eigenvalue weighted by Gasteiger charge is 2.42. The van der Waals surface area contributed by atoms with Crippen LogP contribution in [0.15, 0.2) is 71.6 Å². The molecular formula is C24H19F4NO3S. The average Bonchev–Trinajstić information content (AvgIpc) is 2.76. The van der Waals surface area contributed by atoms with Gasteiger partial charge in [-0.05, 0) is 47.5 Å². The molecule has 0 aliphatic carbocycles. The fourth-order valence-electron chi connectivity index (χ4n) is 4.21. The van der Waals surface area contributed by atoms with Crippen LogP contribution in [0.3, 0.4) is 0 Å². The van der Waals surface area contributed by atoms with Gasteiger partial charge in [0.1, 0.15) is 29.1 Å². The van der Waals surface area contributed by atoms with Gasteiger partial charge in [-0.1, -0.05) is 24.3 Å². The fraction of sp³-hybridized carbons (Fsp3) is 0.208. The zero-order valence-corrected chi connectivity index (χ0v) is 18.0. The van der Waals surface area contributed by atoms with Gasteiger partial charge in [0.25, 0.3) is 0 Å². The molecule has 0 spiro atoms. The first kappa shape index (κ1) is 23.1. The van der Waals surface area contributed by atoms with Crippen LogP contribution in [0.4, 0.5) is 17.6 Å². The molecule has 172 valence electrons. The molecule has 0 bridgehead atoms. The van der Waals surface area contributed by atoms with Crippen molar-refractivity contribution in [1.82, 2.24) is 4.31 Å². The Morgan fingerprint density at radius 1 is 0.758 bits per heavy atom. The van der Waals surface area contributed by atoms with Gasteiger partial charge in [-0.3, -0.25) is 4.79 Å². The Morgan fingerprint density at radius 3 is 1.73 bits per heavy atom. The Hall–Kier alpha value is -3.04. The van der Waals surface area contributed by atoms with Gasteiger partial charge in [-0.15, -0.1) is 0 Å². The molecule has 1 heterocycles. The van der Waals surface area contributed by atoms with Gasteiger partial charge in [0.2, 0.25) is 10.0 Å². The number of hydrogen-bond donors (Lipinski definition) is 0. The van der Waals surface area contributed by atoms with Gasteiger partial charge in [-0.25, -0.2) is 26.0 Å². The number of piperidine rings is 1. The van der Waals surface area contributed by atoms with Crippen molar-refractivity contribution in [2.24, 2.45) is 0 Å². The molecule has 9 heteroatoms. The minimum Gasteiger partial charge on any atom is -0.300 e. The summed E-state index contributed by atoms with van der Waals surface area (Å²) in [6, 6.07) is 11.7. The number of sulfonamides is 1. The molecule has 3 aromatic carbocycles. The molecular weight excluding hydrogens is 458 g/mol. The third-order valence-electron chi connectivity index (χ3n) is 5.70. The van der Waals surface area contributed by atoms with E-state index in [1.807, 2.05) is 0 Å². The van der Waals surface area contributed by atoms with Crippen LogP contribution in [-0.2, 0) is 14.8 Å². The van der Waals surface area contributed by atoms with E-state index in [0.29, 0.717) is 17.2 Å². The number of carbonyl (C=O) groups excluding carboxylic acids is 1. The smallest absolute Gasteiger partial charge is 0.243 e. The number of Topliss-reactive ketones (excluding diaryl/α,β-unsaturated/α-hetero) is 1. The predicted molar refractivity (Wildman–Crippen MR) is 113 cm³/mol. The first-order valence-electron chi connectivity index (χ1n) is 10.2. The third-order valence-corrected chi connectivity index (χ3v) is 7.61. The summed E-state index contributed by atoms with van der Waals surface area (Å²) in [5, 5.41) is 0. The Labute approximate surface area is 188 Å². The van der Waals surface area contributed by atoms with Crippen LogP contribution in [0.25, 0.3) is 0 Å². The molecule has 0 radical (unpaired) electrons. The minimum atomic E-state index is -4.40. The summed E-state index contributed by atoms with van der Waals surface area (Å²) in [5.74, 6) is -4.06. The summed E-state index contributed by atoms with van der Waals surface area (Å²) in [7, 11) is -4.40. The summed E-state index contributed by atoms with van der Waals surface area (Å²) in [6.07, 6.45) is -0.233. The maximum Gasteiger partial charge on any atom is 0.243 e. The van der Waals surface area contributed by atoms with E-state index in [2.05, 4.69) is 0 Å². The van der Waals surface area contributed by atoms with E-state index in [9.17, 15) is 30.8 Å². The topological polar surface area (TPSA) is 54.5 Å². The highest BCUT2D eigenvalue weighted by molar-refractivity contribution is 7.89. The lowest BCUT2D eigenvalue weighted by atomic mass is 9.81. The van der Waals surface area contributed by atoms with Crippen LogP contribution >= 0.6 is 0 Å². The van der Waals surface area contributed by atoms with Crippen LogP contribution in [0.5, 0.6) is 0 Å². The molecule has 0 saturated carbocycles. The van der Waals surface area contributed by atoms with Crippen molar-refractivity contribution in [3.05, 3.63) is 101 Å². The summed E-state index contributed by atoms with van der Waals surface area (Å²) >= 11 is 0. The van der Waals surface area contributed by atoms with Crippen LogP contribution in [0.1, 0.15) is 29.9 Å². The Bertz CT molecular complexity index is 1210. The normalized spacial score (nSPS) is 17.5. The first-order valence-corrected chi connectivity index (χ1v) is 11.6. The predicted octanol–water partition coefficient (Wildman–Crippen LogP) is 4.80. The molecule has 0 amide bonds. The van der Waals surface area contributed by atoms with Crippen LogP contribution in [-0.4, -0.2) is 31.1 Å². The second kappa shape index (κ2) is 9.07. The molecule has 1 fully saturated rings. The molecule has 33 heavy (non-hydrogen) atoms. The van der Waals surface area contributed by atoms with E-state index in [4.69, 9.17) is 0 Å². The SMILES string of the molecule is O=C1CCN(S(=O)(=O)c2cc(F)cc(F)c2)C(C(c2ccc(F)cc2)c2ccc(F)cc2)C1. The van der Waals surface area contributed by atoms with Crippen molar-refractivity contribution in [1.29, 1.82) is 0 Å². The van der Waals surface area contributed by atoms with Crippen LogP contribution < -0.4 is 0 Å². The number of carbonyl (C=O) groups is 1. The number of halogens is 4. The Balaban J connectivity index is 1.86. The largest absolute Gasteiger partial charge is 0.300 e. The monoisotopic (exact) mass is 477 g/mol. The highest BCUT2D eigenvalue weighted by Crippen LogP contribution is 2.38. The molecule has 1 atom stereocenters. The average molecular weight is 477 g/mol. The van der Waals surface area contributed by atoms with Crippen molar-refractivity contribution in [2.75, 3.05) is 6.54 Å². The Morgan fingerprint density at radius 2 is 1.24 bits per heavy atom. The molecule has 0 N–H and O–H groups in total. The molecule has 1 aliphatic rings. The molecule has 0 aromatic heterocycles. The van der Waals surface area contributed by atoms with Crippen molar-refractivity contribution < 1.29 is 30.8 Å². The van der Waals surface area contributed by atoms with Crippen molar-refractivity contribution in [3.63, 3.8) is 0 Å². The Kier molecular flexibility index (Phi) is 6.36. The second-order valence-electron chi connectivity index (χ2n) is 7.86. The van der Waals surface area contributed by atoms with E-state index in [1.54, 1.807) is 0 Å². The highest BCUT2D eigenvalue weighted by atomic mass is 32.2. The standard InChI is InChI=1S/C24H19F4NO3S/c25-17-5-1-15(2-6-17)24(16-3-7-18(26)8-4-16)23-14-21(30)9-10-29(23)33(31,32)22-12-19(27)11-20(28)13-22/h1-8,11-13,23-24H,9-10,14H2. The van der Waals surface area contributed by atoms with E-state index < -0.39 is 50.1 Å². The maximum atomic E-state index is 13.8. The number of hydrogen-bond acceptors (Lipinski definition) is 3. The molecule has 3 aromatic rings. The summed E-state index contributed by atoms with van der Waals surface area (Å²) in [5.41, 5.74) is 1.02. The van der Waals surface area contributed by atoms with Crippen molar-refractivity contribution in [2.45, 2.75) is 29.7 Å². The fourth-order valence-corrected chi connectivity index (χ4v) is 5.89. The zero-order valence-electron chi connectivity index (χ0n) is 17.2. The lowest BCUT2D eigenvalue weighted by molar-refractivity contribution is -0.122. The van der Waals surface area contributed by atoms with E-state index in [1.165, 1.54) is 48.5 Å². The van der Waals surface area contributed by atoms with Gasteiger partial charge < -0.3 is 0 Å². The van der Waals surface area contributed by atoms with Crippen molar-refractivity contribution >= 4 is 15.8 Å². The number of benzene rings is 3. The molecule has 1 aliphatic heterocycles. The minimum absolute atomic E-state index is 0.0624. The quantitative estimate of drug-likeness (QED) is 0.497. The van der Waals surface area contributed by atoms with E-state index >= 15 is 0 Å². The van der Waals surface area contributed by atoms with Gasteiger partial charge in [0, 0.05) is 37.4 Å². The lowest BCUT2D eigenvalue weighted by Crippen LogP contribution is -2.49. The van der Waals surface area contributed by atoms with Crippen LogP contribution in [0.2, 0.25) is 0 Å². The third kappa shape index (κ3) is 4.84. The lowest BCUT2D eigenvalue weighted by Gasteiger charge is -2.39. The first-order chi connectivity index (χ1) is 15.6. The maximum absolute atomic E-state index is 13.8. The molecule has 4 rings (SSSR count). The van der Waals surface area contributed by atoms with Gasteiger partial charge in [0.05, 0.1) is 4.90 Å². The van der Waals surface area contributed by atoms with Gasteiger partial charge >= 0.3 is 0 Å². The molecule has 1 unspecified atom stereocenters. The summed E-state index contributed by atoms with van der Waals surface area (Å²) in [6.45, 7) is -0.192. The van der Waals surface area contributed by atoms with Gasteiger partial charge in [0.15, 0.2) is 0 Å². The zero-order chi connectivity index (χ0) is 23.8. The molecule has 4 nitrogen and oxygen atoms in total. The second-order valence-corrected chi connectivity index (χ2v) is 9.75. The molecule has 1 saturated heterocycles. The van der Waals surface area contributed by atoms with Gasteiger partial charge in [-0.2, -0.15) is 4.31 Å². The number of rotatable bonds is 5. The summed E-state index contributed by atoms with van der Waals surface area (Å²) in [4.78, 5) is 11.8. The van der Waals surface area contributed by atoms with Crippen LogP contribution in [0, 0.1) is 23.3 Å².